The molecule has 8 nitrogen and oxygen atoms in total. The SMILES string of the molecule is CN(CC(=O)Nc1ccccc1Cl)C(=O)CSc1nnnn1Cc1ccccc1. The lowest BCUT2D eigenvalue weighted by Gasteiger charge is -2.16. The van der Waals surface area contributed by atoms with Crippen molar-refractivity contribution in [1.29, 1.82) is 0 Å². The molecule has 1 aromatic heterocycles. The number of tetrazole rings is 1. The second kappa shape index (κ2) is 10.0. The summed E-state index contributed by atoms with van der Waals surface area (Å²) in [6.07, 6.45) is 0. The average Bonchev–Trinajstić information content (AvgIpc) is 3.15. The van der Waals surface area contributed by atoms with E-state index in [1.54, 1.807) is 36.0 Å². The van der Waals surface area contributed by atoms with Crippen LogP contribution >= 0.6 is 23.4 Å². The fraction of sp³-hybridized carbons (Fsp3) is 0.211. The summed E-state index contributed by atoms with van der Waals surface area (Å²) >= 11 is 7.25. The van der Waals surface area contributed by atoms with Gasteiger partial charge in [-0.25, -0.2) is 4.68 Å². The maximum absolute atomic E-state index is 12.4. The molecule has 0 aliphatic heterocycles. The Morgan fingerprint density at radius 1 is 1.14 bits per heavy atom. The summed E-state index contributed by atoms with van der Waals surface area (Å²) in [6, 6.07) is 16.7. The molecule has 0 atom stereocenters. The normalized spacial score (nSPS) is 10.6. The molecule has 0 radical (unpaired) electrons. The Bertz CT molecular complexity index is 982. The molecule has 0 aliphatic carbocycles. The summed E-state index contributed by atoms with van der Waals surface area (Å²) in [4.78, 5) is 25.9. The number of aromatic nitrogens is 4. The van der Waals surface area contributed by atoms with E-state index in [1.807, 2.05) is 30.3 Å². The second-order valence-electron chi connectivity index (χ2n) is 6.17. The van der Waals surface area contributed by atoms with Gasteiger partial charge >= 0.3 is 0 Å². The lowest BCUT2D eigenvalue weighted by Crippen LogP contribution is -2.36. The first-order valence-corrected chi connectivity index (χ1v) is 10.1. The quantitative estimate of drug-likeness (QED) is 0.552. The minimum atomic E-state index is -0.326. The molecule has 0 aliphatic rings. The Morgan fingerprint density at radius 2 is 1.86 bits per heavy atom. The van der Waals surface area contributed by atoms with Crippen LogP contribution < -0.4 is 5.32 Å². The first kappa shape index (κ1) is 20.8. The molecule has 0 unspecified atom stereocenters. The van der Waals surface area contributed by atoms with Crippen molar-refractivity contribution in [2.75, 3.05) is 24.7 Å². The third-order valence-corrected chi connectivity index (χ3v) is 5.22. The van der Waals surface area contributed by atoms with Crippen LogP contribution in [0.4, 0.5) is 5.69 Å². The predicted octanol–water partition coefficient (Wildman–Crippen LogP) is 2.56. The van der Waals surface area contributed by atoms with E-state index in [2.05, 4.69) is 20.8 Å². The molecule has 0 fully saturated rings. The zero-order chi connectivity index (χ0) is 20.6. The number of carbonyl (C=O) groups is 2. The van der Waals surface area contributed by atoms with Crippen molar-refractivity contribution >= 4 is 40.9 Å². The number of nitrogens with one attached hydrogen (secondary N) is 1. The van der Waals surface area contributed by atoms with E-state index >= 15 is 0 Å². The second-order valence-corrected chi connectivity index (χ2v) is 7.52. The summed E-state index contributed by atoms with van der Waals surface area (Å²) < 4.78 is 1.64. The molecule has 0 spiro atoms. The maximum atomic E-state index is 12.4. The van der Waals surface area contributed by atoms with Gasteiger partial charge in [0.15, 0.2) is 0 Å². The van der Waals surface area contributed by atoms with Gasteiger partial charge in [-0.2, -0.15) is 0 Å². The van der Waals surface area contributed by atoms with Crippen molar-refractivity contribution in [3.8, 4) is 0 Å². The number of nitrogens with zero attached hydrogens (tertiary/aromatic N) is 5. The van der Waals surface area contributed by atoms with E-state index in [0.29, 0.717) is 22.4 Å². The molecule has 0 bridgehead atoms. The number of rotatable bonds is 8. The lowest BCUT2D eigenvalue weighted by molar-refractivity contribution is -0.131. The molecule has 150 valence electrons. The summed E-state index contributed by atoms with van der Waals surface area (Å²) in [5.74, 6) is -0.420. The molecule has 0 saturated carbocycles. The van der Waals surface area contributed by atoms with Crippen LogP contribution in [-0.2, 0) is 16.1 Å². The van der Waals surface area contributed by atoms with E-state index in [9.17, 15) is 9.59 Å². The van der Waals surface area contributed by atoms with Crippen molar-refractivity contribution in [1.82, 2.24) is 25.1 Å². The first-order valence-electron chi connectivity index (χ1n) is 8.74. The van der Waals surface area contributed by atoms with Crippen LogP contribution in [0, 0.1) is 0 Å². The van der Waals surface area contributed by atoms with Gasteiger partial charge in [0.1, 0.15) is 0 Å². The van der Waals surface area contributed by atoms with Gasteiger partial charge in [0.25, 0.3) is 0 Å². The van der Waals surface area contributed by atoms with Crippen LogP contribution in [0.2, 0.25) is 5.02 Å². The zero-order valence-corrected chi connectivity index (χ0v) is 17.2. The Morgan fingerprint density at radius 3 is 2.62 bits per heavy atom. The van der Waals surface area contributed by atoms with E-state index in [4.69, 9.17) is 11.6 Å². The molecule has 3 aromatic rings. The Balaban J connectivity index is 1.50. The van der Waals surface area contributed by atoms with Crippen LogP contribution in [-0.4, -0.2) is 56.3 Å². The van der Waals surface area contributed by atoms with E-state index < -0.39 is 0 Å². The Hall–Kier alpha value is -2.91. The number of para-hydroxylation sites is 1. The van der Waals surface area contributed by atoms with Gasteiger partial charge in [0, 0.05) is 7.05 Å². The molecule has 1 N–H and O–H groups in total. The van der Waals surface area contributed by atoms with Crippen molar-refractivity contribution in [2.24, 2.45) is 0 Å². The molecular formula is C19H19ClN6O2S. The lowest BCUT2D eigenvalue weighted by atomic mass is 10.2. The van der Waals surface area contributed by atoms with Crippen molar-refractivity contribution in [2.45, 2.75) is 11.7 Å². The molecule has 10 heteroatoms. The number of benzene rings is 2. The van der Waals surface area contributed by atoms with Gasteiger partial charge in [-0.15, -0.1) is 5.10 Å². The molecule has 2 aromatic carbocycles. The fourth-order valence-corrected chi connectivity index (χ4v) is 3.45. The van der Waals surface area contributed by atoms with Gasteiger partial charge in [0.05, 0.1) is 29.6 Å². The smallest absolute Gasteiger partial charge is 0.244 e. The van der Waals surface area contributed by atoms with E-state index in [1.165, 1.54) is 16.7 Å². The fourth-order valence-electron chi connectivity index (χ4n) is 2.45. The monoisotopic (exact) mass is 430 g/mol. The van der Waals surface area contributed by atoms with Gasteiger partial charge < -0.3 is 10.2 Å². The van der Waals surface area contributed by atoms with Gasteiger partial charge in [-0.1, -0.05) is 65.8 Å². The Labute approximate surface area is 177 Å². The highest BCUT2D eigenvalue weighted by molar-refractivity contribution is 7.99. The van der Waals surface area contributed by atoms with Crippen molar-refractivity contribution < 1.29 is 9.59 Å². The number of amides is 2. The van der Waals surface area contributed by atoms with Crippen LogP contribution in [0.25, 0.3) is 0 Å². The molecule has 0 saturated heterocycles. The largest absolute Gasteiger partial charge is 0.336 e. The molecular weight excluding hydrogens is 412 g/mol. The Kier molecular flexibility index (Phi) is 7.20. The zero-order valence-electron chi connectivity index (χ0n) is 15.7. The number of halogens is 1. The molecule has 29 heavy (non-hydrogen) atoms. The summed E-state index contributed by atoms with van der Waals surface area (Å²) in [7, 11) is 1.57. The van der Waals surface area contributed by atoms with E-state index in [0.717, 1.165) is 5.56 Å². The van der Waals surface area contributed by atoms with Crippen LogP contribution in [0.3, 0.4) is 0 Å². The molecule has 1 heterocycles. The third kappa shape index (κ3) is 6.03. The van der Waals surface area contributed by atoms with E-state index in [-0.39, 0.29) is 24.1 Å². The third-order valence-electron chi connectivity index (χ3n) is 3.95. The summed E-state index contributed by atoms with van der Waals surface area (Å²) in [6.45, 7) is 0.431. The minimum Gasteiger partial charge on any atom is -0.336 e. The number of hydrogen-bond acceptors (Lipinski definition) is 6. The van der Waals surface area contributed by atoms with Crippen molar-refractivity contribution in [3.05, 3.63) is 65.2 Å². The maximum Gasteiger partial charge on any atom is 0.244 e. The first-order chi connectivity index (χ1) is 14.0. The van der Waals surface area contributed by atoms with Crippen LogP contribution in [0.1, 0.15) is 5.56 Å². The van der Waals surface area contributed by atoms with Gasteiger partial charge in [-0.05, 0) is 28.1 Å². The van der Waals surface area contributed by atoms with Gasteiger partial charge in [-0.3, -0.25) is 9.59 Å². The summed E-state index contributed by atoms with van der Waals surface area (Å²) in [5, 5.41) is 15.3. The number of hydrogen-bond donors (Lipinski definition) is 1. The van der Waals surface area contributed by atoms with Gasteiger partial charge in [0.2, 0.25) is 17.0 Å². The highest BCUT2D eigenvalue weighted by Gasteiger charge is 2.16. The summed E-state index contributed by atoms with van der Waals surface area (Å²) in [5.41, 5.74) is 1.57. The number of thioether (sulfide) groups is 1. The van der Waals surface area contributed by atoms with Crippen LogP contribution in [0.5, 0.6) is 0 Å². The predicted molar refractivity (Wildman–Crippen MR) is 112 cm³/mol. The van der Waals surface area contributed by atoms with Crippen molar-refractivity contribution in [3.63, 3.8) is 0 Å². The molecule has 3 rings (SSSR count). The standard InChI is InChI=1S/C19H19ClN6O2S/c1-25(12-17(27)21-16-10-6-5-9-15(16)20)18(28)13-29-19-22-23-24-26(19)11-14-7-3-2-4-8-14/h2-10H,11-13H2,1H3,(H,21,27). The highest BCUT2D eigenvalue weighted by Crippen LogP contribution is 2.20. The number of anilines is 1. The molecule has 2 amide bonds. The van der Waals surface area contributed by atoms with Crippen LogP contribution in [0.15, 0.2) is 59.8 Å². The number of carbonyl (C=O) groups excluding carboxylic acids is 2. The highest BCUT2D eigenvalue weighted by atomic mass is 35.5. The average molecular weight is 431 g/mol. The topological polar surface area (TPSA) is 93.0 Å². The number of likely N-dealkylation sites (N-methyl/N-ethyl adjacent to an activating group) is 1. The minimum absolute atomic E-state index is 0.0838.